The number of hydrogen-bond acceptors (Lipinski definition) is 6. The molecule has 0 unspecified atom stereocenters. The van der Waals surface area contributed by atoms with Crippen LogP contribution >= 0.6 is 24.0 Å². The molecule has 1 fully saturated rings. The SMILES string of the molecule is Cc1ccc(C)c(N2C(=O)CSC2=NC(=S)NCCCc2ccc(-c3ncn(-c4ccc(OC(F)(F)F)cc4)n3)cc2)c1. The fourth-order valence-electron chi connectivity index (χ4n) is 4.40. The Morgan fingerprint density at radius 2 is 1.84 bits per heavy atom. The van der Waals surface area contributed by atoms with Crippen LogP contribution in [0.1, 0.15) is 23.1 Å². The molecule has 1 aromatic heterocycles. The lowest BCUT2D eigenvalue weighted by atomic mass is 10.1. The number of halogens is 3. The highest BCUT2D eigenvalue weighted by molar-refractivity contribution is 8.15. The van der Waals surface area contributed by atoms with Gasteiger partial charge in [0.1, 0.15) is 12.1 Å². The highest BCUT2D eigenvalue weighted by atomic mass is 32.2. The number of aromatic nitrogens is 3. The summed E-state index contributed by atoms with van der Waals surface area (Å²) in [6.45, 7) is 4.58. The van der Waals surface area contributed by atoms with Gasteiger partial charge in [-0.3, -0.25) is 9.69 Å². The number of hydrogen-bond donors (Lipinski definition) is 1. The van der Waals surface area contributed by atoms with Gasteiger partial charge < -0.3 is 10.1 Å². The summed E-state index contributed by atoms with van der Waals surface area (Å²) >= 11 is 6.82. The van der Waals surface area contributed by atoms with E-state index in [2.05, 4.69) is 25.1 Å². The van der Waals surface area contributed by atoms with Crippen molar-refractivity contribution in [2.24, 2.45) is 4.99 Å². The largest absolute Gasteiger partial charge is 0.573 e. The Balaban J connectivity index is 1.12. The van der Waals surface area contributed by atoms with Crippen molar-refractivity contribution in [3.63, 3.8) is 0 Å². The van der Waals surface area contributed by atoms with Gasteiger partial charge >= 0.3 is 6.36 Å². The van der Waals surface area contributed by atoms with Crippen LogP contribution in [0.4, 0.5) is 18.9 Å². The average Bonchev–Trinajstić information content (AvgIpc) is 3.59. The first-order chi connectivity index (χ1) is 20.6. The number of benzene rings is 3. The molecule has 1 aliphatic rings. The van der Waals surface area contributed by atoms with Gasteiger partial charge in [-0.25, -0.2) is 9.67 Å². The number of anilines is 1. The van der Waals surface area contributed by atoms with Gasteiger partial charge in [0, 0.05) is 12.1 Å². The molecule has 0 spiro atoms. The molecule has 5 rings (SSSR count). The average molecular weight is 625 g/mol. The third kappa shape index (κ3) is 7.79. The second-order valence-corrected chi connectivity index (χ2v) is 11.1. The number of amidine groups is 1. The molecule has 222 valence electrons. The standard InChI is InChI=1S/C30H27F3N6O2S2/c1-19-5-6-20(2)25(16-19)39-26(40)17-43-29(39)36-28(42)34-15-3-4-21-7-9-22(10-8-21)27-35-18-38(37-27)23-11-13-24(14-12-23)41-30(31,32)33/h5-14,16,18H,3-4,15,17H2,1-2H3,(H,34,42). The molecule has 13 heteroatoms. The van der Waals surface area contributed by atoms with Gasteiger partial charge in [0.25, 0.3) is 0 Å². The lowest BCUT2D eigenvalue weighted by Gasteiger charge is -2.19. The number of aliphatic imine (C=N–C) groups is 1. The van der Waals surface area contributed by atoms with Crippen molar-refractivity contribution in [2.75, 3.05) is 17.2 Å². The van der Waals surface area contributed by atoms with E-state index in [4.69, 9.17) is 12.2 Å². The van der Waals surface area contributed by atoms with Crippen molar-refractivity contribution in [2.45, 2.75) is 33.1 Å². The number of alkyl halides is 3. The van der Waals surface area contributed by atoms with Gasteiger partial charge in [-0.2, -0.15) is 4.99 Å². The van der Waals surface area contributed by atoms with E-state index in [1.165, 1.54) is 47.0 Å². The summed E-state index contributed by atoms with van der Waals surface area (Å²) in [5, 5.41) is 8.53. The van der Waals surface area contributed by atoms with Crippen molar-refractivity contribution in [3.05, 3.63) is 89.7 Å². The molecule has 43 heavy (non-hydrogen) atoms. The molecule has 1 aliphatic heterocycles. The molecule has 8 nitrogen and oxygen atoms in total. The molecule has 1 amide bonds. The lowest BCUT2D eigenvalue weighted by Crippen LogP contribution is -2.32. The van der Waals surface area contributed by atoms with E-state index in [0.717, 1.165) is 40.8 Å². The Morgan fingerprint density at radius 1 is 1.09 bits per heavy atom. The van der Waals surface area contributed by atoms with Crippen molar-refractivity contribution in [1.82, 2.24) is 20.1 Å². The Bertz CT molecular complexity index is 1650. The van der Waals surface area contributed by atoms with Crippen molar-refractivity contribution in [1.29, 1.82) is 0 Å². The minimum Gasteiger partial charge on any atom is -0.406 e. The second-order valence-electron chi connectivity index (χ2n) is 9.79. The van der Waals surface area contributed by atoms with E-state index in [9.17, 15) is 18.0 Å². The number of nitrogens with zero attached hydrogens (tertiary/aromatic N) is 5. The molecule has 0 bridgehead atoms. The predicted molar refractivity (Wildman–Crippen MR) is 166 cm³/mol. The third-order valence-corrected chi connectivity index (χ3v) is 7.68. The summed E-state index contributed by atoms with van der Waals surface area (Å²) in [6, 6.07) is 19.2. The van der Waals surface area contributed by atoms with Gasteiger partial charge in [0.15, 0.2) is 16.1 Å². The van der Waals surface area contributed by atoms with Crippen molar-refractivity contribution >= 4 is 45.9 Å². The summed E-state index contributed by atoms with van der Waals surface area (Å²) in [6.07, 6.45) is -1.62. The van der Waals surface area contributed by atoms with Crippen LogP contribution in [-0.2, 0) is 11.2 Å². The maximum absolute atomic E-state index is 12.6. The van der Waals surface area contributed by atoms with E-state index in [1.54, 1.807) is 4.90 Å². The second kappa shape index (κ2) is 13.0. The summed E-state index contributed by atoms with van der Waals surface area (Å²) in [7, 11) is 0. The lowest BCUT2D eigenvalue weighted by molar-refractivity contribution is -0.274. The van der Waals surface area contributed by atoms with Gasteiger partial charge in [-0.05, 0) is 85.9 Å². The molecular weight excluding hydrogens is 597 g/mol. The van der Waals surface area contributed by atoms with Crippen LogP contribution in [0.15, 0.2) is 78.0 Å². The fraction of sp³-hybridized carbons (Fsp3) is 0.233. The van der Waals surface area contributed by atoms with Gasteiger partial charge in [0.2, 0.25) is 5.91 Å². The van der Waals surface area contributed by atoms with Crippen molar-refractivity contribution in [3.8, 4) is 22.8 Å². The number of thioether (sulfide) groups is 1. The molecule has 1 N–H and O–H groups in total. The molecular formula is C30H27F3N6O2S2. The molecule has 1 saturated heterocycles. The summed E-state index contributed by atoms with van der Waals surface area (Å²) < 4.78 is 42.6. The third-order valence-electron chi connectivity index (χ3n) is 6.53. The van der Waals surface area contributed by atoms with Gasteiger partial charge in [0.05, 0.1) is 17.1 Å². The van der Waals surface area contributed by atoms with E-state index >= 15 is 0 Å². The molecule has 0 aliphatic carbocycles. The van der Waals surface area contributed by atoms with Crippen LogP contribution < -0.4 is 15.0 Å². The topological polar surface area (TPSA) is 84.6 Å². The summed E-state index contributed by atoms with van der Waals surface area (Å²) in [4.78, 5) is 23.1. The Labute approximate surface area is 256 Å². The summed E-state index contributed by atoms with van der Waals surface area (Å²) in [5.41, 5.74) is 5.38. The highest BCUT2D eigenvalue weighted by Crippen LogP contribution is 2.30. The number of thiocarbonyl (C=S) groups is 1. The van der Waals surface area contributed by atoms with Crippen LogP contribution in [0.3, 0.4) is 0 Å². The van der Waals surface area contributed by atoms with E-state index in [1.807, 2.05) is 56.3 Å². The minimum atomic E-state index is -4.74. The molecule has 0 atom stereocenters. The predicted octanol–water partition coefficient (Wildman–Crippen LogP) is 6.39. The molecule has 3 aromatic carbocycles. The Hall–Kier alpha value is -4.23. The quantitative estimate of drug-likeness (QED) is 0.180. The minimum absolute atomic E-state index is 0.0146. The Morgan fingerprint density at radius 3 is 2.56 bits per heavy atom. The molecule has 0 radical (unpaired) electrons. The smallest absolute Gasteiger partial charge is 0.406 e. The number of nitrogens with one attached hydrogen (secondary N) is 1. The maximum Gasteiger partial charge on any atom is 0.573 e. The van der Waals surface area contributed by atoms with Crippen LogP contribution in [0.25, 0.3) is 17.1 Å². The van der Waals surface area contributed by atoms with E-state index in [0.29, 0.717) is 34.1 Å². The monoisotopic (exact) mass is 624 g/mol. The first kappa shape index (κ1) is 30.2. The van der Waals surface area contributed by atoms with E-state index in [-0.39, 0.29) is 11.7 Å². The number of carbonyl (C=O) groups excluding carboxylic acids is 1. The van der Waals surface area contributed by atoms with Crippen LogP contribution in [-0.4, -0.2) is 49.6 Å². The zero-order chi connectivity index (χ0) is 30.6. The number of amides is 1. The zero-order valence-corrected chi connectivity index (χ0v) is 24.9. The van der Waals surface area contributed by atoms with Gasteiger partial charge in [-0.1, -0.05) is 48.2 Å². The van der Waals surface area contributed by atoms with Crippen LogP contribution in [0.5, 0.6) is 5.75 Å². The number of carbonyl (C=O) groups is 1. The summed E-state index contributed by atoms with van der Waals surface area (Å²) in [5.74, 6) is 0.501. The van der Waals surface area contributed by atoms with Gasteiger partial charge in [-0.15, -0.1) is 18.3 Å². The van der Waals surface area contributed by atoms with E-state index < -0.39 is 6.36 Å². The first-order valence-corrected chi connectivity index (χ1v) is 14.7. The van der Waals surface area contributed by atoms with Crippen LogP contribution in [0.2, 0.25) is 0 Å². The maximum atomic E-state index is 12.6. The number of aryl methyl sites for hydroxylation is 3. The Kier molecular flexibility index (Phi) is 9.11. The zero-order valence-electron chi connectivity index (χ0n) is 23.3. The molecule has 0 saturated carbocycles. The first-order valence-electron chi connectivity index (χ1n) is 13.3. The number of rotatable bonds is 8. The molecule has 4 aromatic rings. The van der Waals surface area contributed by atoms with Crippen LogP contribution in [0, 0.1) is 13.8 Å². The number of ether oxygens (including phenoxy) is 1. The normalized spacial score (nSPS) is 14.4. The van der Waals surface area contributed by atoms with Crippen molar-refractivity contribution < 1.29 is 22.7 Å². The fourth-order valence-corrected chi connectivity index (χ4v) is 5.51. The molecule has 2 heterocycles. The highest BCUT2D eigenvalue weighted by Gasteiger charge is 2.32.